The Morgan fingerprint density at radius 1 is 1.10 bits per heavy atom. The number of hydrogen-bond acceptors (Lipinski definition) is 3. The summed E-state index contributed by atoms with van der Waals surface area (Å²) in [5.74, 6) is 2.19. The Hall–Kier alpha value is -1.52. The van der Waals surface area contributed by atoms with Gasteiger partial charge in [-0.05, 0) is 43.2 Å². The fourth-order valence-corrected chi connectivity index (χ4v) is 2.30. The van der Waals surface area contributed by atoms with Gasteiger partial charge in [0, 0.05) is 10.5 Å². The maximum Gasteiger partial charge on any atom is 0.169 e. The van der Waals surface area contributed by atoms with Crippen LogP contribution in [0.25, 0.3) is 0 Å². The monoisotopic (exact) mass is 335 g/mol. The lowest BCUT2D eigenvalue weighted by molar-refractivity contribution is 0.377. The second-order valence-electron chi connectivity index (χ2n) is 4.69. The van der Waals surface area contributed by atoms with E-state index in [1.54, 1.807) is 7.11 Å². The SMILES string of the molecule is COc1ccccc1Oc1cc(Br)ccc1CC(C)N. The molecule has 0 fully saturated rings. The van der Waals surface area contributed by atoms with Crippen LogP contribution in [0.4, 0.5) is 0 Å². The van der Waals surface area contributed by atoms with Gasteiger partial charge in [0.25, 0.3) is 0 Å². The molecule has 0 aromatic heterocycles. The lowest BCUT2D eigenvalue weighted by atomic mass is 10.1. The Bertz CT molecular complexity index is 584. The van der Waals surface area contributed by atoms with E-state index in [1.165, 1.54) is 0 Å². The molecular weight excluding hydrogens is 318 g/mol. The molecule has 2 aromatic rings. The maximum atomic E-state index is 6.00. The van der Waals surface area contributed by atoms with Gasteiger partial charge >= 0.3 is 0 Å². The van der Waals surface area contributed by atoms with E-state index in [0.29, 0.717) is 11.5 Å². The fraction of sp³-hybridized carbons (Fsp3) is 0.250. The second kappa shape index (κ2) is 6.77. The van der Waals surface area contributed by atoms with Crippen LogP contribution in [-0.2, 0) is 6.42 Å². The van der Waals surface area contributed by atoms with E-state index in [-0.39, 0.29) is 6.04 Å². The molecule has 3 nitrogen and oxygen atoms in total. The third kappa shape index (κ3) is 3.74. The topological polar surface area (TPSA) is 44.5 Å². The molecule has 2 rings (SSSR count). The van der Waals surface area contributed by atoms with Gasteiger partial charge < -0.3 is 15.2 Å². The van der Waals surface area contributed by atoms with Gasteiger partial charge in [0.05, 0.1) is 7.11 Å². The largest absolute Gasteiger partial charge is 0.493 e. The average molecular weight is 336 g/mol. The number of hydrogen-bond donors (Lipinski definition) is 1. The van der Waals surface area contributed by atoms with Gasteiger partial charge in [-0.1, -0.05) is 34.1 Å². The fourth-order valence-electron chi connectivity index (χ4n) is 1.96. The van der Waals surface area contributed by atoms with Gasteiger partial charge in [-0.3, -0.25) is 0 Å². The van der Waals surface area contributed by atoms with Crippen molar-refractivity contribution in [3.63, 3.8) is 0 Å². The number of rotatable bonds is 5. The molecule has 0 aliphatic carbocycles. The summed E-state index contributed by atoms with van der Waals surface area (Å²) in [4.78, 5) is 0. The minimum Gasteiger partial charge on any atom is -0.493 e. The Labute approximate surface area is 127 Å². The van der Waals surface area contributed by atoms with Crippen LogP contribution in [0.5, 0.6) is 17.2 Å². The van der Waals surface area contributed by atoms with E-state index in [1.807, 2.05) is 49.4 Å². The van der Waals surface area contributed by atoms with Crippen LogP contribution in [0.15, 0.2) is 46.9 Å². The predicted molar refractivity (Wildman–Crippen MR) is 84.6 cm³/mol. The Balaban J connectivity index is 2.34. The van der Waals surface area contributed by atoms with Crippen LogP contribution in [0.3, 0.4) is 0 Å². The molecule has 0 heterocycles. The highest BCUT2D eigenvalue weighted by Crippen LogP contribution is 2.34. The molecule has 2 aromatic carbocycles. The molecule has 0 radical (unpaired) electrons. The molecule has 0 bridgehead atoms. The first kappa shape index (κ1) is 14.9. The zero-order chi connectivity index (χ0) is 14.5. The smallest absolute Gasteiger partial charge is 0.169 e. The molecule has 4 heteroatoms. The first-order valence-corrected chi connectivity index (χ1v) is 7.24. The minimum atomic E-state index is 0.0798. The van der Waals surface area contributed by atoms with Gasteiger partial charge in [-0.2, -0.15) is 0 Å². The van der Waals surface area contributed by atoms with Gasteiger partial charge in [-0.25, -0.2) is 0 Å². The van der Waals surface area contributed by atoms with Crippen molar-refractivity contribution in [3.8, 4) is 17.2 Å². The molecule has 0 spiro atoms. The molecule has 0 amide bonds. The summed E-state index contributed by atoms with van der Waals surface area (Å²) in [6, 6.07) is 13.6. The van der Waals surface area contributed by atoms with E-state index >= 15 is 0 Å². The lowest BCUT2D eigenvalue weighted by Gasteiger charge is -2.15. The van der Waals surface area contributed by atoms with Crippen molar-refractivity contribution in [2.45, 2.75) is 19.4 Å². The van der Waals surface area contributed by atoms with E-state index in [0.717, 1.165) is 22.2 Å². The predicted octanol–water partition coefficient (Wildman–Crippen LogP) is 4.14. The third-order valence-electron chi connectivity index (χ3n) is 2.86. The van der Waals surface area contributed by atoms with Crippen molar-refractivity contribution >= 4 is 15.9 Å². The highest BCUT2D eigenvalue weighted by Gasteiger charge is 2.10. The Kier molecular flexibility index (Phi) is 5.04. The summed E-state index contributed by atoms with van der Waals surface area (Å²) in [6.45, 7) is 1.98. The van der Waals surface area contributed by atoms with E-state index in [4.69, 9.17) is 15.2 Å². The van der Waals surface area contributed by atoms with Gasteiger partial charge in [0.15, 0.2) is 11.5 Å². The molecule has 0 saturated carbocycles. The van der Waals surface area contributed by atoms with Crippen LogP contribution < -0.4 is 15.2 Å². The van der Waals surface area contributed by atoms with Crippen molar-refractivity contribution in [2.24, 2.45) is 5.73 Å². The van der Waals surface area contributed by atoms with Gasteiger partial charge in [0.1, 0.15) is 5.75 Å². The minimum absolute atomic E-state index is 0.0798. The molecular formula is C16H18BrNO2. The summed E-state index contributed by atoms with van der Waals surface area (Å²) in [6.07, 6.45) is 0.762. The van der Waals surface area contributed by atoms with Gasteiger partial charge in [-0.15, -0.1) is 0 Å². The molecule has 106 valence electrons. The lowest BCUT2D eigenvalue weighted by Crippen LogP contribution is -2.18. The highest BCUT2D eigenvalue weighted by atomic mass is 79.9. The maximum absolute atomic E-state index is 6.00. The number of ether oxygens (including phenoxy) is 2. The standard InChI is InChI=1S/C16H18BrNO2/c1-11(18)9-12-7-8-13(17)10-16(12)20-15-6-4-3-5-14(15)19-2/h3-8,10-11H,9,18H2,1-2H3. The molecule has 20 heavy (non-hydrogen) atoms. The number of nitrogens with two attached hydrogens (primary N) is 1. The highest BCUT2D eigenvalue weighted by molar-refractivity contribution is 9.10. The first-order valence-electron chi connectivity index (χ1n) is 6.45. The number of halogens is 1. The summed E-state index contributed by atoms with van der Waals surface area (Å²) >= 11 is 3.47. The molecule has 0 aliphatic rings. The molecule has 2 N–H and O–H groups in total. The van der Waals surface area contributed by atoms with Crippen LogP contribution in [0, 0.1) is 0 Å². The number of benzene rings is 2. The van der Waals surface area contributed by atoms with Crippen molar-refractivity contribution in [1.82, 2.24) is 0 Å². The molecule has 0 aliphatic heterocycles. The summed E-state index contributed by atoms with van der Waals surface area (Å²) in [7, 11) is 1.63. The van der Waals surface area contributed by atoms with Crippen LogP contribution in [-0.4, -0.2) is 13.2 Å². The van der Waals surface area contributed by atoms with Crippen molar-refractivity contribution in [3.05, 3.63) is 52.5 Å². The molecule has 0 saturated heterocycles. The quantitative estimate of drug-likeness (QED) is 0.892. The third-order valence-corrected chi connectivity index (χ3v) is 3.35. The molecule has 1 unspecified atom stereocenters. The average Bonchev–Trinajstić information content (AvgIpc) is 2.42. The zero-order valence-corrected chi connectivity index (χ0v) is 13.2. The van der Waals surface area contributed by atoms with E-state index in [9.17, 15) is 0 Å². The van der Waals surface area contributed by atoms with Crippen molar-refractivity contribution in [1.29, 1.82) is 0 Å². The van der Waals surface area contributed by atoms with Crippen LogP contribution in [0.1, 0.15) is 12.5 Å². The number of methoxy groups -OCH3 is 1. The van der Waals surface area contributed by atoms with Crippen molar-refractivity contribution in [2.75, 3.05) is 7.11 Å². The normalized spacial score (nSPS) is 12.0. The van der Waals surface area contributed by atoms with Gasteiger partial charge in [0.2, 0.25) is 0 Å². The molecule has 1 atom stereocenters. The summed E-state index contributed by atoms with van der Waals surface area (Å²) < 4.78 is 12.3. The van der Waals surface area contributed by atoms with Crippen molar-refractivity contribution < 1.29 is 9.47 Å². The Morgan fingerprint density at radius 3 is 2.45 bits per heavy atom. The van der Waals surface area contributed by atoms with E-state index < -0.39 is 0 Å². The van der Waals surface area contributed by atoms with Crippen LogP contribution >= 0.6 is 15.9 Å². The zero-order valence-electron chi connectivity index (χ0n) is 11.6. The van der Waals surface area contributed by atoms with E-state index in [2.05, 4.69) is 15.9 Å². The first-order chi connectivity index (χ1) is 9.60. The summed E-state index contributed by atoms with van der Waals surface area (Å²) in [5, 5.41) is 0. The second-order valence-corrected chi connectivity index (χ2v) is 5.60. The number of para-hydroxylation sites is 2. The Morgan fingerprint density at radius 2 is 1.80 bits per heavy atom. The van der Waals surface area contributed by atoms with Crippen LogP contribution in [0.2, 0.25) is 0 Å². The summed E-state index contributed by atoms with van der Waals surface area (Å²) in [5.41, 5.74) is 6.97.